The van der Waals surface area contributed by atoms with Crippen LogP contribution in [0.5, 0.6) is 5.88 Å². The first-order chi connectivity index (χ1) is 13.1. The van der Waals surface area contributed by atoms with Gasteiger partial charge in [0.25, 0.3) is 0 Å². The fraction of sp³-hybridized carbons (Fsp3) is 0.150. The van der Waals surface area contributed by atoms with E-state index in [1.165, 1.54) is 18.5 Å². The summed E-state index contributed by atoms with van der Waals surface area (Å²) in [6.07, 6.45) is 7.02. The Balaban J connectivity index is 1.85. The summed E-state index contributed by atoms with van der Waals surface area (Å²) in [5, 5.41) is 0.455. The van der Waals surface area contributed by atoms with Gasteiger partial charge in [-0.15, -0.1) is 0 Å². The molecule has 136 valence electrons. The Morgan fingerprint density at radius 3 is 2.85 bits per heavy atom. The van der Waals surface area contributed by atoms with Gasteiger partial charge in [0.15, 0.2) is 0 Å². The van der Waals surface area contributed by atoms with Crippen molar-refractivity contribution in [3.8, 4) is 17.1 Å². The quantitative estimate of drug-likeness (QED) is 0.665. The third-order valence-corrected chi connectivity index (χ3v) is 4.79. The van der Waals surface area contributed by atoms with Gasteiger partial charge in [-0.05, 0) is 30.3 Å². The molecule has 0 fully saturated rings. The Bertz CT molecular complexity index is 1040. The minimum absolute atomic E-state index is 0.195. The van der Waals surface area contributed by atoms with E-state index < -0.39 is 0 Å². The molecule has 27 heavy (non-hydrogen) atoms. The number of fused-ring (bicyclic) bond motifs is 1. The second-order valence-corrected chi connectivity index (χ2v) is 6.53. The molecule has 1 unspecified atom stereocenters. The van der Waals surface area contributed by atoms with Gasteiger partial charge in [-0.2, -0.15) is 4.98 Å². The van der Waals surface area contributed by atoms with Crippen LogP contribution >= 0.6 is 11.6 Å². The molecule has 0 amide bonds. The monoisotopic (exact) mass is 382 g/mol. The van der Waals surface area contributed by atoms with Gasteiger partial charge in [-0.1, -0.05) is 23.7 Å². The standard InChI is InChI=1S/C20H16ClFN4O/c1-26-17(8-7-16-19(26)20(27-2)25-11-24-16)13-4-3-9-23-18(13)14-10-12(21)5-6-15(14)22/h3-11,17H,1-2H3. The molecule has 0 radical (unpaired) electrons. The maximum atomic E-state index is 14.5. The van der Waals surface area contributed by atoms with Crippen molar-refractivity contribution in [2.24, 2.45) is 0 Å². The highest BCUT2D eigenvalue weighted by Gasteiger charge is 2.28. The number of nitrogens with zero attached hydrogens (tertiary/aromatic N) is 4. The molecular weight excluding hydrogens is 367 g/mol. The minimum atomic E-state index is -0.372. The molecule has 3 heterocycles. The highest BCUT2D eigenvalue weighted by atomic mass is 35.5. The van der Waals surface area contributed by atoms with E-state index in [9.17, 15) is 4.39 Å². The van der Waals surface area contributed by atoms with Crippen LogP contribution in [0.25, 0.3) is 17.3 Å². The third kappa shape index (κ3) is 3.02. The summed E-state index contributed by atoms with van der Waals surface area (Å²) in [4.78, 5) is 14.9. The van der Waals surface area contributed by atoms with E-state index in [1.807, 2.05) is 36.2 Å². The molecule has 0 N–H and O–H groups in total. The van der Waals surface area contributed by atoms with E-state index >= 15 is 0 Å². The number of hydrogen-bond acceptors (Lipinski definition) is 5. The molecule has 0 saturated carbocycles. The first kappa shape index (κ1) is 17.4. The Labute approximate surface area is 161 Å². The molecule has 7 heteroatoms. The van der Waals surface area contributed by atoms with Gasteiger partial charge in [-0.3, -0.25) is 4.98 Å². The minimum Gasteiger partial charge on any atom is -0.479 e. The number of pyridine rings is 1. The lowest BCUT2D eigenvalue weighted by Gasteiger charge is -2.33. The largest absolute Gasteiger partial charge is 0.479 e. The lowest BCUT2D eigenvalue weighted by Crippen LogP contribution is -2.27. The smallest absolute Gasteiger partial charge is 0.241 e. The summed E-state index contributed by atoms with van der Waals surface area (Å²) in [5.41, 5.74) is 3.28. The van der Waals surface area contributed by atoms with E-state index in [2.05, 4.69) is 15.0 Å². The number of hydrogen-bond donors (Lipinski definition) is 0. The van der Waals surface area contributed by atoms with E-state index in [1.54, 1.807) is 19.4 Å². The molecule has 1 aliphatic heterocycles. The zero-order valence-electron chi connectivity index (χ0n) is 14.7. The average molecular weight is 383 g/mol. The van der Waals surface area contributed by atoms with Crippen LogP contribution in [-0.4, -0.2) is 29.1 Å². The highest BCUT2D eigenvalue weighted by Crippen LogP contribution is 2.41. The lowest BCUT2D eigenvalue weighted by atomic mass is 9.95. The summed E-state index contributed by atoms with van der Waals surface area (Å²) in [7, 11) is 3.49. The van der Waals surface area contributed by atoms with Crippen molar-refractivity contribution in [3.63, 3.8) is 0 Å². The van der Waals surface area contributed by atoms with Crippen molar-refractivity contribution in [2.45, 2.75) is 6.04 Å². The number of likely N-dealkylation sites (N-methyl/N-ethyl adjacent to an activating group) is 1. The van der Waals surface area contributed by atoms with E-state index in [-0.39, 0.29) is 11.9 Å². The summed E-state index contributed by atoms with van der Waals surface area (Å²) in [6, 6.07) is 8.02. The zero-order chi connectivity index (χ0) is 19.0. The second-order valence-electron chi connectivity index (χ2n) is 6.10. The number of anilines is 1. The topological polar surface area (TPSA) is 51.1 Å². The Morgan fingerprint density at radius 2 is 2.04 bits per heavy atom. The number of ether oxygens (including phenoxy) is 1. The predicted molar refractivity (Wildman–Crippen MR) is 103 cm³/mol. The number of rotatable bonds is 3. The molecule has 0 saturated heterocycles. The number of halogens is 2. The summed E-state index contributed by atoms with van der Waals surface area (Å²) >= 11 is 6.09. The van der Waals surface area contributed by atoms with Gasteiger partial charge in [-0.25, -0.2) is 9.37 Å². The summed E-state index contributed by atoms with van der Waals surface area (Å²) < 4.78 is 19.9. The van der Waals surface area contributed by atoms with Crippen LogP contribution in [0.1, 0.15) is 17.3 Å². The molecule has 1 atom stereocenters. The lowest BCUT2D eigenvalue weighted by molar-refractivity contribution is 0.396. The van der Waals surface area contributed by atoms with Crippen molar-refractivity contribution in [3.05, 3.63) is 71.0 Å². The van der Waals surface area contributed by atoms with Crippen LogP contribution in [-0.2, 0) is 0 Å². The van der Waals surface area contributed by atoms with Crippen molar-refractivity contribution < 1.29 is 9.13 Å². The number of benzene rings is 1. The zero-order valence-corrected chi connectivity index (χ0v) is 15.5. The molecule has 0 aliphatic carbocycles. The number of methoxy groups -OCH3 is 1. The highest BCUT2D eigenvalue weighted by molar-refractivity contribution is 6.30. The summed E-state index contributed by atoms with van der Waals surface area (Å²) in [5.74, 6) is 0.110. The predicted octanol–water partition coefficient (Wildman–Crippen LogP) is 4.54. The maximum Gasteiger partial charge on any atom is 0.241 e. The van der Waals surface area contributed by atoms with E-state index in [4.69, 9.17) is 16.3 Å². The van der Waals surface area contributed by atoms with Gasteiger partial charge >= 0.3 is 0 Å². The Kier molecular flexibility index (Phi) is 4.49. The van der Waals surface area contributed by atoms with Crippen LogP contribution in [0.2, 0.25) is 5.02 Å². The van der Waals surface area contributed by atoms with Crippen molar-refractivity contribution >= 4 is 23.4 Å². The molecule has 2 aromatic heterocycles. The van der Waals surface area contributed by atoms with E-state index in [0.717, 1.165) is 16.9 Å². The van der Waals surface area contributed by atoms with Crippen molar-refractivity contribution in [1.29, 1.82) is 0 Å². The van der Waals surface area contributed by atoms with Crippen LogP contribution in [0.3, 0.4) is 0 Å². The van der Waals surface area contributed by atoms with Gasteiger partial charge in [0.1, 0.15) is 17.8 Å². The average Bonchev–Trinajstić information content (AvgIpc) is 2.70. The first-order valence-electron chi connectivity index (χ1n) is 8.30. The van der Waals surface area contributed by atoms with Gasteiger partial charge in [0.05, 0.1) is 24.5 Å². The van der Waals surface area contributed by atoms with Gasteiger partial charge in [0.2, 0.25) is 5.88 Å². The molecule has 1 aromatic carbocycles. The normalized spacial score (nSPS) is 15.6. The fourth-order valence-corrected chi connectivity index (χ4v) is 3.47. The SMILES string of the molecule is COc1ncnc2c1N(C)C(c1cccnc1-c1cc(Cl)ccc1F)C=C2. The fourth-order valence-electron chi connectivity index (χ4n) is 3.30. The molecule has 4 rings (SSSR count). The molecule has 0 bridgehead atoms. The third-order valence-electron chi connectivity index (χ3n) is 4.56. The molecule has 5 nitrogen and oxygen atoms in total. The maximum absolute atomic E-state index is 14.5. The number of aromatic nitrogens is 3. The van der Waals surface area contributed by atoms with Crippen LogP contribution < -0.4 is 9.64 Å². The van der Waals surface area contributed by atoms with Gasteiger partial charge in [0, 0.05) is 29.4 Å². The Hall–Kier alpha value is -2.99. The van der Waals surface area contributed by atoms with Crippen LogP contribution in [0.15, 0.2) is 48.9 Å². The summed E-state index contributed by atoms with van der Waals surface area (Å²) in [6.45, 7) is 0. The van der Waals surface area contributed by atoms with Crippen LogP contribution in [0.4, 0.5) is 10.1 Å². The van der Waals surface area contributed by atoms with E-state index in [0.29, 0.717) is 22.2 Å². The van der Waals surface area contributed by atoms with Crippen LogP contribution in [0, 0.1) is 5.82 Å². The molecule has 1 aliphatic rings. The van der Waals surface area contributed by atoms with Gasteiger partial charge < -0.3 is 9.64 Å². The molecule has 0 spiro atoms. The first-order valence-corrected chi connectivity index (χ1v) is 8.68. The molecular formula is C20H16ClFN4O. The molecule has 3 aromatic rings. The second kappa shape index (κ2) is 6.96. The van der Waals surface area contributed by atoms with Crippen molar-refractivity contribution in [2.75, 3.05) is 19.1 Å². The van der Waals surface area contributed by atoms with Crippen molar-refractivity contribution in [1.82, 2.24) is 15.0 Å². The Morgan fingerprint density at radius 1 is 1.19 bits per heavy atom.